The first-order valence-electron chi connectivity index (χ1n) is 12.1. The van der Waals surface area contributed by atoms with Crippen molar-refractivity contribution in [2.45, 2.75) is 30.3 Å². The van der Waals surface area contributed by atoms with E-state index in [1.165, 1.54) is 11.1 Å². The standard InChI is InChI=1S/C30H28N4OS/c1-22(25-11-6-3-7-12-25)19-32-29(35)26-16-14-23(15-17-26)20-34-28-27(13-8-18-31-28)33-30(34)36-21-24-9-4-2-5-10-24/h2-18,22H,19-21H2,1H3,(H,32,35)/t22-/m0/s1. The van der Waals surface area contributed by atoms with E-state index >= 15 is 0 Å². The van der Waals surface area contributed by atoms with E-state index in [9.17, 15) is 4.79 Å². The molecule has 0 radical (unpaired) electrons. The van der Waals surface area contributed by atoms with Crippen molar-refractivity contribution in [3.8, 4) is 0 Å². The minimum atomic E-state index is -0.0572. The number of aromatic nitrogens is 3. The lowest BCUT2D eigenvalue weighted by Crippen LogP contribution is -2.27. The van der Waals surface area contributed by atoms with Gasteiger partial charge in [0.25, 0.3) is 5.91 Å². The molecule has 0 saturated carbocycles. The van der Waals surface area contributed by atoms with Gasteiger partial charge in [-0.05, 0) is 46.9 Å². The van der Waals surface area contributed by atoms with E-state index in [0.717, 1.165) is 27.6 Å². The summed E-state index contributed by atoms with van der Waals surface area (Å²) in [6.07, 6.45) is 1.80. The summed E-state index contributed by atoms with van der Waals surface area (Å²) < 4.78 is 2.15. The zero-order valence-electron chi connectivity index (χ0n) is 20.2. The van der Waals surface area contributed by atoms with Crippen LogP contribution in [0.1, 0.15) is 39.9 Å². The summed E-state index contributed by atoms with van der Waals surface area (Å²) in [6.45, 7) is 3.35. The summed E-state index contributed by atoms with van der Waals surface area (Å²) >= 11 is 1.71. The summed E-state index contributed by atoms with van der Waals surface area (Å²) in [6, 6.07) is 32.3. The van der Waals surface area contributed by atoms with E-state index in [1.54, 1.807) is 18.0 Å². The zero-order valence-corrected chi connectivity index (χ0v) is 21.0. The van der Waals surface area contributed by atoms with Crippen molar-refractivity contribution in [3.05, 3.63) is 126 Å². The molecule has 2 aromatic heterocycles. The van der Waals surface area contributed by atoms with Crippen LogP contribution in [0.5, 0.6) is 0 Å². The van der Waals surface area contributed by atoms with Gasteiger partial charge in [0.15, 0.2) is 10.8 Å². The van der Waals surface area contributed by atoms with Crippen LogP contribution in [-0.2, 0) is 12.3 Å². The van der Waals surface area contributed by atoms with Gasteiger partial charge in [-0.15, -0.1) is 0 Å². The van der Waals surface area contributed by atoms with Crippen molar-refractivity contribution in [1.82, 2.24) is 19.9 Å². The second-order valence-corrected chi connectivity index (χ2v) is 9.76. The highest BCUT2D eigenvalue weighted by molar-refractivity contribution is 7.98. The highest BCUT2D eigenvalue weighted by Crippen LogP contribution is 2.27. The van der Waals surface area contributed by atoms with Crippen LogP contribution in [0.4, 0.5) is 0 Å². The smallest absolute Gasteiger partial charge is 0.251 e. The maximum Gasteiger partial charge on any atom is 0.251 e. The van der Waals surface area contributed by atoms with Gasteiger partial charge in [0.1, 0.15) is 5.52 Å². The van der Waals surface area contributed by atoms with Gasteiger partial charge in [-0.1, -0.05) is 91.5 Å². The number of pyridine rings is 1. The molecule has 0 aliphatic heterocycles. The van der Waals surface area contributed by atoms with E-state index in [1.807, 2.05) is 60.7 Å². The zero-order chi connectivity index (χ0) is 24.7. The first kappa shape index (κ1) is 23.8. The minimum absolute atomic E-state index is 0.0572. The molecule has 0 unspecified atom stereocenters. The molecule has 0 aliphatic carbocycles. The Hall–Kier alpha value is -3.90. The second kappa shape index (κ2) is 11.2. The van der Waals surface area contributed by atoms with Gasteiger partial charge >= 0.3 is 0 Å². The third kappa shape index (κ3) is 5.66. The van der Waals surface area contributed by atoms with Crippen LogP contribution in [0.25, 0.3) is 11.2 Å². The average molecular weight is 493 g/mol. The number of thioether (sulfide) groups is 1. The van der Waals surface area contributed by atoms with E-state index in [0.29, 0.717) is 18.7 Å². The van der Waals surface area contributed by atoms with Crippen LogP contribution in [0.2, 0.25) is 0 Å². The molecule has 1 N–H and O–H groups in total. The number of hydrogen-bond acceptors (Lipinski definition) is 4. The summed E-state index contributed by atoms with van der Waals surface area (Å²) in [5.74, 6) is 1.03. The quantitative estimate of drug-likeness (QED) is 0.245. The molecule has 0 saturated heterocycles. The SMILES string of the molecule is C[C@@H](CNC(=O)c1ccc(Cn2c(SCc3ccccc3)nc3cccnc32)cc1)c1ccccc1. The third-order valence-electron chi connectivity index (χ3n) is 6.17. The number of amides is 1. The van der Waals surface area contributed by atoms with Gasteiger partial charge in [-0.3, -0.25) is 9.36 Å². The lowest BCUT2D eigenvalue weighted by Gasteiger charge is -2.13. The molecule has 180 valence electrons. The molecule has 6 heteroatoms. The molecule has 1 amide bonds. The Balaban J connectivity index is 1.27. The number of carbonyl (C=O) groups is 1. The lowest BCUT2D eigenvalue weighted by molar-refractivity contribution is 0.0951. The highest BCUT2D eigenvalue weighted by Gasteiger charge is 2.14. The van der Waals surface area contributed by atoms with Gasteiger partial charge in [0.05, 0.1) is 6.54 Å². The van der Waals surface area contributed by atoms with Crippen LogP contribution in [0.3, 0.4) is 0 Å². The Bertz CT molecular complexity index is 1430. The van der Waals surface area contributed by atoms with E-state index < -0.39 is 0 Å². The molecule has 5 aromatic rings. The van der Waals surface area contributed by atoms with Crippen LogP contribution in [0.15, 0.2) is 108 Å². The average Bonchev–Trinajstić information content (AvgIpc) is 3.29. The number of carbonyl (C=O) groups excluding carboxylic acids is 1. The van der Waals surface area contributed by atoms with Crippen LogP contribution >= 0.6 is 11.8 Å². The molecule has 0 bridgehead atoms. The van der Waals surface area contributed by atoms with Gasteiger partial charge in [-0.25, -0.2) is 9.97 Å². The van der Waals surface area contributed by atoms with Crippen molar-refractivity contribution in [2.24, 2.45) is 0 Å². The normalized spacial score (nSPS) is 11.9. The topological polar surface area (TPSA) is 59.8 Å². The van der Waals surface area contributed by atoms with E-state index in [2.05, 4.69) is 58.2 Å². The fourth-order valence-corrected chi connectivity index (χ4v) is 5.06. The lowest BCUT2D eigenvalue weighted by atomic mass is 10.0. The Morgan fingerprint density at radius 1 is 0.889 bits per heavy atom. The first-order chi connectivity index (χ1) is 17.7. The molecular weight excluding hydrogens is 464 g/mol. The molecule has 2 heterocycles. The predicted octanol–water partition coefficient (Wildman–Crippen LogP) is 6.31. The van der Waals surface area contributed by atoms with Crippen LogP contribution in [0, 0.1) is 0 Å². The van der Waals surface area contributed by atoms with Gasteiger partial charge in [-0.2, -0.15) is 0 Å². The molecule has 0 spiro atoms. The molecule has 1 atom stereocenters. The molecule has 0 aliphatic rings. The molecule has 5 nitrogen and oxygen atoms in total. The second-order valence-electron chi connectivity index (χ2n) is 8.82. The number of fused-ring (bicyclic) bond motifs is 1. The number of hydrogen-bond donors (Lipinski definition) is 1. The Kier molecular flexibility index (Phi) is 7.43. The van der Waals surface area contributed by atoms with Crippen molar-refractivity contribution < 1.29 is 4.79 Å². The largest absolute Gasteiger partial charge is 0.351 e. The van der Waals surface area contributed by atoms with Crippen molar-refractivity contribution in [2.75, 3.05) is 6.54 Å². The summed E-state index contributed by atoms with van der Waals surface area (Å²) in [7, 11) is 0. The van der Waals surface area contributed by atoms with Gasteiger partial charge in [0.2, 0.25) is 0 Å². The van der Waals surface area contributed by atoms with Crippen molar-refractivity contribution in [1.29, 1.82) is 0 Å². The number of nitrogens with one attached hydrogen (secondary N) is 1. The number of nitrogens with zero attached hydrogens (tertiary/aromatic N) is 3. The maximum atomic E-state index is 12.7. The van der Waals surface area contributed by atoms with E-state index in [-0.39, 0.29) is 11.8 Å². The third-order valence-corrected chi connectivity index (χ3v) is 7.22. The monoisotopic (exact) mass is 492 g/mol. The predicted molar refractivity (Wildman–Crippen MR) is 146 cm³/mol. The van der Waals surface area contributed by atoms with Crippen LogP contribution in [-0.4, -0.2) is 27.0 Å². The Morgan fingerprint density at radius 3 is 2.36 bits per heavy atom. The molecule has 5 rings (SSSR count). The van der Waals surface area contributed by atoms with Crippen molar-refractivity contribution >= 4 is 28.8 Å². The summed E-state index contributed by atoms with van der Waals surface area (Å²) in [4.78, 5) is 22.1. The fraction of sp³-hybridized carbons (Fsp3) is 0.167. The molecule has 3 aromatic carbocycles. The van der Waals surface area contributed by atoms with Crippen molar-refractivity contribution in [3.63, 3.8) is 0 Å². The Morgan fingerprint density at radius 2 is 1.61 bits per heavy atom. The van der Waals surface area contributed by atoms with Gasteiger partial charge < -0.3 is 5.32 Å². The molecule has 36 heavy (non-hydrogen) atoms. The van der Waals surface area contributed by atoms with Gasteiger partial charge in [0, 0.05) is 24.1 Å². The Labute approximate surface area is 215 Å². The number of rotatable bonds is 9. The number of benzene rings is 3. The first-order valence-corrected chi connectivity index (χ1v) is 13.1. The maximum absolute atomic E-state index is 12.7. The minimum Gasteiger partial charge on any atom is -0.351 e. The van der Waals surface area contributed by atoms with E-state index in [4.69, 9.17) is 4.98 Å². The highest BCUT2D eigenvalue weighted by atomic mass is 32.2. The summed E-state index contributed by atoms with van der Waals surface area (Å²) in [5, 5.41) is 3.99. The molecule has 0 fully saturated rings. The van der Waals surface area contributed by atoms with Crippen LogP contribution < -0.4 is 5.32 Å². The summed E-state index contributed by atoms with van der Waals surface area (Å²) in [5.41, 5.74) is 5.98. The number of imidazole rings is 1. The fourth-order valence-electron chi connectivity index (χ4n) is 4.10. The molecular formula is C30H28N4OS.